The second-order valence-corrected chi connectivity index (χ2v) is 5.08. The molecule has 0 aliphatic carbocycles. The van der Waals surface area contributed by atoms with Gasteiger partial charge in [-0.2, -0.15) is 0 Å². The van der Waals surface area contributed by atoms with E-state index < -0.39 is 0 Å². The summed E-state index contributed by atoms with van der Waals surface area (Å²) in [5, 5.41) is 1.44. The number of carbonyl (C=O) groups excluding carboxylic acids is 1. The van der Waals surface area contributed by atoms with Crippen LogP contribution in [0.25, 0.3) is 0 Å². The van der Waals surface area contributed by atoms with E-state index in [0.29, 0.717) is 16.5 Å². The van der Waals surface area contributed by atoms with Gasteiger partial charge in [-0.1, -0.05) is 35.1 Å². The summed E-state index contributed by atoms with van der Waals surface area (Å²) < 4.78 is 5.59. The lowest BCUT2D eigenvalue weighted by atomic mass is 10.2. The summed E-state index contributed by atoms with van der Waals surface area (Å²) in [5.74, 6) is 0.0626. The number of rotatable bonds is 4. The lowest BCUT2D eigenvalue weighted by molar-refractivity contribution is 0.102. The molecule has 1 heterocycles. The van der Waals surface area contributed by atoms with Gasteiger partial charge in [0.15, 0.2) is 10.8 Å². The first kappa shape index (κ1) is 12.1. The van der Waals surface area contributed by atoms with Crippen LogP contribution >= 0.6 is 22.9 Å². The average Bonchev–Trinajstić information content (AvgIpc) is 2.75. The van der Waals surface area contributed by atoms with Crippen LogP contribution in [0.15, 0.2) is 36.4 Å². The van der Waals surface area contributed by atoms with Crippen LogP contribution < -0.4 is 4.74 Å². The molecule has 0 saturated carbocycles. The molecular weight excluding hydrogens is 256 g/mol. The first-order valence-corrected chi connectivity index (χ1v) is 6.32. The lowest BCUT2D eigenvalue weighted by Crippen LogP contribution is -1.93. The zero-order valence-corrected chi connectivity index (χ0v) is 10.8. The van der Waals surface area contributed by atoms with E-state index in [-0.39, 0.29) is 5.78 Å². The number of thiophene rings is 1. The summed E-state index contributed by atoms with van der Waals surface area (Å²) in [5.41, 5.74) is 1.01. The second kappa shape index (κ2) is 5.34. The molecule has 4 heteroatoms. The van der Waals surface area contributed by atoms with E-state index in [1.54, 1.807) is 13.0 Å². The molecule has 0 unspecified atom stereocenters. The predicted octanol–water partition coefficient (Wildman–Crippen LogP) is 4.18. The highest BCUT2D eigenvalue weighted by Gasteiger charge is 2.05. The van der Waals surface area contributed by atoms with Gasteiger partial charge in [-0.15, -0.1) is 0 Å². The third-order valence-electron chi connectivity index (χ3n) is 2.20. The molecule has 0 atom stereocenters. The largest absolute Gasteiger partial charge is 0.479 e. The molecule has 0 fully saturated rings. The molecule has 0 radical (unpaired) electrons. The number of benzene rings is 1. The molecule has 2 rings (SSSR count). The van der Waals surface area contributed by atoms with Gasteiger partial charge in [0, 0.05) is 5.02 Å². The molecule has 2 aromatic rings. The Morgan fingerprint density at radius 2 is 2.18 bits per heavy atom. The quantitative estimate of drug-likeness (QED) is 0.776. The van der Waals surface area contributed by atoms with Gasteiger partial charge < -0.3 is 4.74 Å². The number of ether oxygens (including phenoxy) is 1. The SMILES string of the molecule is CC(=O)c1ccc(OCc2cccc(Cl)c2)s1. The Morgan fingerprint density at radius 3 is 2.82 bits per heavy atom. The Bertz CT molecular complexity index is 534. The smallest absolute Gasteiger partial charge is 0.174 e. The standard InChI is InChI=1S/C13H11ClO2S/c1-9(15)12-5-6-13(17-12)16-8-10-3-2-4-11(14)7-10/h2-7H,8H2,1H3. The number of halogens is 1. The van der Waals surface area contributed by atoms with Crippen LogP contribution in [0.5, 0.6) is 5.06 Å². The molecule has 17 heavy (non-hydrogen) atoms. The van der Waals surface area contributed by atoms with Crippen LogP contribution in [-0.4, -0.2) is 5.78 Å². The summed E-state index contributed by atoms with van der Waals surface area (Å²) in [6.45, 7) is 2.00. The van der Waals surface area contributed by atoms with Gasteiger partial charge in [0.05, 0.1) is 4.88 Å². The Kier molecular flexibility index (Phi) is 3.82. The molecule has 0 N–H and O–H groups in total. The van der Waals surface area contributed by atoms with Crippen molar-refractivity contribution in [3.63, 3.8) is 0 Å². The average molecular weight is 267 g/mol. The Hall–Kier alpha value is -1.32. The van der Waals surface area contributed by atoms with Gasteiger partial charge >= 0.3 is 0 Å². The van der Waals surface area contributed by atoms with Crippen LogP contribution in [0.4, 0.5) is 0 Å². The molecule has 1 aromatic heterocycles. The number of hydrogen-bond acceptors (Lipinski definition) is 3. The molecule has 2 nitrogen and oxygen atoms in total. The molecule has 0 aliphatic heterocycles. The van der Waals surface area contributed by atoms with Crippen molar-refractivity contribution in [3.05, 3.63) is 51.9 Å². The van der Waals surface area contributed by atoms with Crippen molar-refractivity contribution in [2.75, 3.05) is 0 Å². The van der Waals surface area contributed by atoms with Gasteiger partial charge in [-0.25, -0.2) is 0 Å². The monoisotopic (exact) mass is 266 g/mol. The fourth-order valence-corrected chi connectivity index (χ4v) is 2.33. The van der Waals surface area contributed by atoms with Crippen molar-refractivity contribution in [1.29, 1.82) is 0 Å². The van der Waals surface area contributed by atoms with Gasteiger partial charge in [-0.05, 0) is 36.8 Å². The maximum atomic E-state index is 11.1. The zero-order valence-electron chi connectivity index (χ0n) is 9.27. The number of carbonyl (C=O) groups is 1. The Balaban J connectivity index is 2.00. The van der Waals surface area contributed by atoms with Gasteiger partial charge in [0.2, 0.25) is 0 Å². The van der Waals surface area contributed by atoms with Crippen molar-refractivity contribution in [2.45, 2.75) is 13.5 Å². The maximum absolute atomic E-state index is 11.1. The fraction of sp³-hybridized carbons (Fsp3) is 0.154. The minimum absolute atomic E-state index is 0.0626. The van der Waals surface area contributed by atoms with Crippen molar-refractivity contribution >= 4 is 28.7 Å². The van der Waals surface area contributed by atoms with E-state index in [9.17, 15) is 4.79 Å². The highest BCUT2D eigenvalue weighted by molar-refractivity contribution is 7.15. The van der Waals surface area contributed by atoms with E-state index in [0.717, 1.165) is 10.6 Å². The first-order chi connectivity index (χ1) is 8.15. The zero-order chi connectivity index (χ0) is 12.3. The Labute approximate surface area is 109 Å². The van der Waals surface area contributed by atoms with E-state index in [4.69, 9.17) is 16.3 Å². The number of Topliss-reactive ketones (excluding diaryl/α,β-unsaturated/α-hetero) is 1. The van der Waals surface area contributed by atoms with Crippen LogP contribution in [0.2, 0.25) is 5.02 Å². The third kappa shape index (κ3) is 3.32. The fourth-order valence-electron chi connectivity index (χ4n) is 1.37. The number of hydrogen-bond donors (Lipinski definition) is 0. The summed E-state index contributed by atoms with van der Waals surface area (Å²) in [7, 11) is 0. The van der Waals surface area contributed by atoms with Crippen LogP contribution in [0, 0.1) is 0 Å². The summed E-state index contributed by atoms with van der Waals surface area (Å²) in [6, 6.07) is 11.1. The van der Waals surface area contributed by atoms with Crippen molar-refractivity contribution < 1.29 is 9.53 Å². The lowest BCUT2D eigenvalue weighted by Gasteiger charge is -2.03. The number of ketones is 1. The summed E-state index contributed by atoms with van der Waals surface area (Å²) >= 11 is 7.23. The van der Waals surface area contributed by atoms with Crippen LogP contribution in [0.1, 0.15) is 22.2 Å². The summed E-state index contributed by atoms with van der Waals surface area (Å²) in [4.78, 5) is 11.8. The molecule has 0 aliphatic rings. The molecule has 0 amide bonds. The van der Waals surface area contributed by atoms with Crippen molar-refractivity contribution in [1.82, 2.24) is 0 Å². The highest BCUT2D eigenvalue weighted by atomic mass is 35.5. The minimum atomic E-state index is 0.0626. The van der Waals surface area contributed by atoms with E-state index in [1.807, 2.05) is 30.3 Å². The van der Waals surface area contributed by atoms with Gasteiger partial charge in [-0.3, -0.25) is 4.79 Å². The molecule has 0 spiro atoms. The Morgan fingerprint density at radius 1 is 1.35 bits per heavy atom. The first-order valence-electron chi connectivity index (χ1n) is 5.13. The predicted molar refractivity (Wildman–Crippen MR) is 70.1 cm³/mol. The third-order valence-corrected chi connectivity index (χ3v) is 3.53. The van der Waals surface area contributed by atoms with E-state index in [2.05, 4.69) is 0 Å². The highest BCUT2D eigenvalue weighted by Crippen LogP contribution is 2.25. The molecule has 0 bridgehead atoms. The maximum Gasteiger partial charge on any atom is 0.174 e. The summed E-state index contributed by atoms with van der Waals surface area (Å²) in [6.07, 6.45) is 0. The second-order valence-electron chi connectivity index (χ2n) is 3.59. The van der Waals surface area contributed by atoms with Crippen LogP contribution in [0.3, 0.4) is 0 Å². The van der Waals surface area contributed by atoms with E-state index >= 15 is 0 Å². The molecule has 0 saturated heterocycles. The van der Waals surface area contributed by atoms with Crippen molar-refractivity contribution in [2.24, 2.45) is 0 Å². The van der Waals surface area contributed by atoms with Crippen LogP contribution in [-0.2, 0) is 6.61 Å². The molecule has 1 aromatic carbocycles. The molecular formula is C13H11ClO2S. The van der Waals surface area contributed by atoms with Gasteiger partial charge in [0.25, 0.3) is 0 Å². The minimum Gasteiger partial charge on any atom is -0.479 e. The normalized spacial score (nSPS) is 10.2. The van der Waals surface area contributed by atoms with Crippen molar-refractivity contribution in [3.8, 4) is 5.06 Å². The topological polar surface area (TPSA) is 26.3 Å². The van der Waals surface area contributed by atoms with E-state index in [1.165, 1.54) is 11.3 Å². The van der Waals surface area contributed by atoms with Gasteiger partial charge in [0.1, 0.15) is 6.61 Å². The molecule has 88 valence electrons.